The Kier molecular flexibility index (Phi) is 4.67. The van der Waals surface area contributed by atoms with E-state index in [4.69, 9.17) is 5.73 Å². The molecule has 5 heteroatoms. The smallest absolute Gasteiger partial charge is 0.211 e. The molecule has 2 saturated carbocycles. The first-order chi connectivity index (χ1) is 8.49. The van der Waals surface area contributed by atoms with E-state index in [1.807, 2.05) is 0 Å². The Morgan fingerprint density at radius 3 is 2.28 bits per heavy atom. The molecule has 0 atom stereocenters. The number of nitrogens with one attached hydrogen (secondary N) is 1. The van der Waals surface area contributed by atoms with Crippen molar-refractivity contribution in [2.24, 2.45) is 11.7 Å². The quantitative estimate of drug-likeness (QED) is 0.802. The largest absolute Gasteiger partial charge is 0.324 e. The molecule has 0 unspecified atom stereocenters. The summed E-state index contributed by atoms with van der Waals surface area (Å²) in [5.74, 6) is 0.658. The van der Waals surface area contributed by atoms with Gasteiger partial charge in [0, 0.05) is 12.1 Å². The third kappa shape index (κ3) is 4.21. The van der Waals surface area contributed by atoms with Crippen molar-refractivity contribution in [1.29, 1.82) is 0 Å². The maximum atomic E-state index is 12.0. The van der Waals surface area contributed by atoms with Gasteiger partial charge in [-0.2, -0.15) is 0 Å². The lowest BCUT2D eigenvalue weighted by Crippen LogP contribution is -2.51. The lowest BCUT2D eigenvalue weighted by atomic mass is 9.83. The Hall–Kier alpha value is -0.130. The fourth-order valence-corrected chi connectivity index (χ4v) is 4.81. The molecule has 0 bridgehead atoms. The van der Waals surface area contributed by atoms with Gasteiger partial charge in [-0.05, 0) is 31.6 Å². The molecule has 0 heterocycles. The van der Waals surface area contributed by atoms with Crippen LogP contribution in [-0.4, -0.2) is 26.3 Å². The first-order valence-corrected chi connectivity index (χ1v) is 8.91. The van der Waals surface area contributed by atoms with E-state index < -0.39 is 10.0 Å². The van der Waals surface area contributed by atoms with E-state index in [9.17, 15) is 8.42 Å². The van der Waals surface area contributed by atoms with E-state index in [2.05, 4.69) is 4.72 Å². The van der Waals surface area contributed by atoms with E-state index in [-0.39, 0.29) is 5.54 Å². The van der Waals surface area contributed by atoms with Gasteiger partial charge in [0.1, 0.15) is 0 Å². The molecular weight excluding hydrogens is 248 g/mol. The van der Waals surface area contributed by atoms with Gasteiger partial charge in [0.2, 0.25) is 10.0 Å². The van der Waals surface area contributed by atoms with Crippen LogP contribution in [0.3, 0.4) is 0 Å². The minimum atomic E-state index is -3.13. The van der Waals surface area contributed by atoms with Gasteiger partial charge in [-0.15, -0.1) is 0 Å². The van der Waals surface area contributed by atoms with Crippen molar-refractivity contribution in [3.8, 4) is 0 Å². The van der Waals surface area contributed by atoms with Crippen molar-refractivity contribution in [3.05, 3.63) is 0 Å². The van der Waals surface area contributed by atoms with Crippen molar-refractivity contribution >= 4 is 10.0 Å². The van der Waals surface area contributed by atoms with Crippen molar-refractivity contribution in [2.75, 3.05) is 12.3 Å². The normalized spacial score (nSPS) is 25.4. The fourth-order valence-electron chi connectivity index (χ4n) is 3.23. The molecular formula is C13H26N2O2S. The summed E-state index contributed by atoms with van der Waals surface area (Å²) in [6, 6.07) is 0. The Bertz CT molecular complexity index is 355. The summed E-state index contributed by atoms with van der Waals surface area (Å²) >= 11 is 0. The van der Waals surface area contributed by atoms with Gasteiger partial charge in [-0.3, -0.25) is 0 Å². The zero-order valence-corrected chi connectivity index (χ0v) is 12.0. The molecule has 2 rings (SSSR count). The van der Waals surface area contributed by atoms with Gasteiger partial charge in [0.15, 0.2) is 0 Å². The van der Waals surface area contributed by atoms with Crippen LogP contribution < -0.4 is 10.5 Å². The molecule has 0 amide bonds. The Balaban J connectivity index is 1.80. The van der Waals surface area contributed by atoms with Gasteiger partial charge in [-0.25, -0.2) is 13.1 Å². The monoisotopic (exact) mass is 274 g/mol. The standard InChI is InChI=1S/C13H26N2O2S/c14-13(8-4-1-5-9-13)11-15-18(16,17)10-12-6-2-3-7-12/h12,15H,1-11,14H2. The second-order valence-corrected chi connectivity index (χ2v) is 8.03. The van der Waals surface area contributed by atoms with Crippen molar-refractivity contribution in [2.45, 2.75) is 63.3 Å². The summed E-state index contributed by atoms with van der Waals surface area (Å²) in [5.41, 5.74) is 5.94. The van der Waals surface area contributed by atoms with Crippen LogP contribution in [0.15, 0.2) is 0 Å². The molecule has 0 radical (unpaired) electrons. The number of rotatable bonds is 5. The Labute approximate surface area is 111 Å². The average molecular weight is 274 g/mol. The summed E-state index contributed by atoms with van der Waals surface area (Å²) in [4.78, 5) is 0. The average Bonchev–Trinajstić information content (AvgIpc) is 2.80. The van der Waals surface area contributed by atoms with Gasteiger partial charge in [-0.1, -0.05) is 32.1 Å². The topological polar surface area (TPSA) is 72.2 Å². The first-order valence-electron chi connectivity index (χ1n) is 7.25. The summed E-state index contributed by atoms with van der Waals surface area (Å²) in [6.45, 7) is 0.419. The van der Waals surface area contributed by atoms with E-state index in [0.717, 1.165) is 38.5 Å². The van der Waals surface area contributed by atoms with Crippen LogP contribution in [0.25, 0.3) is 0 Å². The van der Waals surface area contributed by atoms with Crippen molar-refractivity contribution in [3.63, 3.8) is 0 Å². The highest BCUT2D eigenvalue weighted by Crippen LogP contribution is 2.27. The molecule has 2 aliphatic carbocycles. The van der Waals surface area contributed by atoms with Gasteiger partial charge in [0.25, 0.3) is 0 Å². The molecule has 3 N–H and O–H groups in total. The van der Waals surface area contributed by atoms with Gasteiger partial charge < -0.3 is 5.73 Å². The predicted molar refractivity (Wildman–Crippen MR) is 73.8 cm³/mol. The second-order valence-electron chi connectivity index (χ2n) is 6.18. The minimum Gasteiger partial charge on any atom is -0.324 e. The van der Waals surface area contributed by atoms with Crippen LogP contribution in [-0.2, 0) is 10.0 Å². The fraction of sp³-hybridized carbons (Fsp3) is 1.00. The summed E-state index contributed by atoms with van der Waals surface area (Å²) in [6.07, 6.45) is 9.86. The molecule has 0 aliphatic heterocycles. The van der Waals surface area contributed by atoms with Crippen LogP contribution in [0.4, 0.5) is 0 Å². The Morgan fingerprint density at radius 1 is 1.06 bits per heavy atom. The minimum absolute atomic E-state index is 0.295. The molecule has 0 aromatic heterocycles. The molecule has 18 heavy (non-hydrogen) atoms. The van der Waals surface area contributed by atoms with Crippen LogP contribution >= 0.6 is 0 Å². The van der Waals surface area contributed by atoms with E-state index in [1.54, 1.807) is 0 Å². The third-order valence-electron chi connectivity index (χ3n) is 4.42. The second kappa shape index (κ2) is 5.88. The number of nitrogens with two attached hydrogens (primary N) is 1. The van der Waals surface area contributed by atoms with Gasteiger partial charge in [0.05, 0.1) is 5.75 Å². The van der Waals surface area contributed by atoms with E-state index in [1.165, 1.54) is 19.3 Å². The maximum absolute atomic E-state index is 12.0. The van der Waals surface area contributed by atoms with Crippen molar-refractivity contribution in [1.82, 2.24) is 4.72 Å². The first kappa shape index (κ1) is 14.3. The Morgan fingerprint density at radius 2 is 1.67 bits per heavy atom. The predicted octanol–water partition coefficient (Wildman–Crippen LogP) is 1.76. The zero-order valence-electron chi connectivity index (χ0n) is 11.2. The summed E-state index contributed by atoms with van der Waals surface area (Å²) in [5, 5.41) is 0. The van der Waals surface area contributed by atoms with Crippen LogP contribution in [0.5, 0.6) is 0 Å². The maximum Gasteiger partial charge on any atom is 0.211 e. The third-order valence-corrected chi connectivity index (χ3v) is 5.92. The molecule has 2 aliphatic rings. The molecule has 2 fully saturated rings. The SMILES string of the molecule is NC1(CNS(=O)(=O)CC2CCCC2)CCCCC1. The van der Waals surface area contributed by atoms with E-state index in [0.29, 0.717) is 18.2 Å². The van der Waals surface area contributed by atoms with Crippen molar-refractivity contribution < 1.29 is 8.42 Å². The molecule has 106 valence electrons. The highest BCUT2D eigenvalue weighted by molar-refractivity contribution is 7.89. The molecule has 0 spiro atoms. The van der Waals surface area contributed by atoms with Crippen LogP contribution in [0.2, 0.25) is 0 Å². The molecule has 0 saturated heterocycles. The molecule has 4 nitrogen and oxygen atoms in total. The summed E-state index contributed by atoms with van der Waals surface area (Å²) < 4.78 is 26.8. The van der Waals surface area contributed by atoms with Crippen LogP contribution in [0.1, 0.15) is 57.8 Å². The number of hydrogen-bond acceptors (Lipinski definition) is 3. The summed E-state index contributed by atoms with van der Waals surface area (Å²) in [7, 11) is -3.13. The number of hydrogen-bond donors (Lipinski definition) is 2. The number of sulfonamides is 1. The van der Waals surface area contributed by atoms with E-state index >= 15 is 0 Å². The zero-order chi connectivity index (χ0) is 13.1. The van der Waals surface area contributed by atoms with Gasteiger partial charge >= 0.3 is 0 Å². The lowest BCUT2D eigenvalue weighted by molar-refractivity contribution is 0.296. The molecule has 0 aromatic rings. The highest BCUT2D eigenvalue weighted by atomic mass is 32.2. The lowest BCUT2D eigenvalue weighted by Gasteiger charge is -2.33. The van der Waals surface area contributed by atoms with Crippen LogP contribution in [0, 0.1) is 5.92 Å². The highest BCUT2D eigenvalue weighted by Gasteiger charge is 2.30. The molecule has 0 aromatic carbocycles.